The molecule has 2 aromatic rings. The van der Waals surface area contributed by atoms with Gasteiger partial charge in [0.15, 0.2) is 0 Å². The van der Waals surface area contributed by atoms with Crippen LogP contribution < -0.4 is 5.73 Å². The van der Waals surface area contributed by atoms with Gasteiger partial charge in [-0.25, -0.2) is 0 Å². The summed E-state index contributed by atoms with van der Waals surface area (Å²) in [6.45, 7) is 3.05. The molecule has 1 aromatic carbocycles. The van der Waals surface area contributed by atoms with Gasteiger partial charge in [0.1, 0.15) is 0 Å². The van der Waals surface area contributed by atoms with E-state index in [1.807, 2.05) is 29.1 Å². The van der Waals surface area contributed by atoms with Crippen LogP contribution in [0.2, 0.25) is 0 Å². The van der Waals surface area contributed by atoms with Crippen LogP contribution in [0.4, 0.5) is 0 Å². The summed E-state index contributed by atoms with van der Waals surface area (Å²) in [5.41, 5.74) is 7.40. The van der Waals surface area contributed by atoms with Crippen molar-refractivity contribution in [1.82, 2.24) is 9.78 Å². The van der Waals surface area contributed by atoms with E-state index in [1.54, 1.807) is 11.8 Å². The zero-order valence-corrected chi connectivity index (χ0v) is 13.3. The minimum Gasteiger partial charge on any atom is -0.322 e. The Hall–Kier alpha value is -0.780. The Kier molecular flexibility index (Phi) is 5.48. The average Bonchev–Trinajstić information content (AvgIpc) is 2.79. The molecular weight excluding hydrogens is 322 g/mol. The zero-order valence-electron chi connectivity index (χ0n) is 10.9. The van der Waals surface area contributed by atoms with Gasteiger partial charge in [0.2, 0.25) is 0 Å². The third-order valence-corrected chi connectivity index (χ3v) is 4.53. The number of nitrogens with two attached hydrogens (primary N) is 1. The first-order valence-electron chi connectivity index (χ1n) is 6.37. The Morgan fingerprint density at radius 2 is 2.11 bits per heavy atom. The number of aromatic nitrogens is 2. The summed E-state index contributed by atoms with van der Waals surface area (Å²) in [5.74, 6) is 0.845. The summed E-state index contributed by atoms with van der Waals surface area (Å²) in [5, 5.41) is 4.36. The van der Waals surface area contributed by atoms with E-state index in [4.69, 9.17) is 5.73 Å². The smallest absolute Gasteiger partial charge is 0.0702 e. The van der Waals surface area contributed by atoms with Crippen molar-refractivity contribution in [3.63, 3.8) is 0 Å². The third kappa shape index (κ3) is 3.84. The zero-order chi connectivity index (χ0) is 13.7. The maximum atomic E-state index is 6.31. The van der Waals surface area contributed by atoms with Gasteiger partial charge in [0, 0.05) is 17.2 Å². The van der Waals surface area contributed by atoms with Crippen LogP contribution in [0.1, 0.15) is 25.1 Å². The lowest BCUT2D eigenvalue weighted by atomic mass is 10.2. The molecule has 0 radical (unpaired) electrons. The van der Waals surface area contributed by atoms with E-state index < -0.39 is 0 Å². The number of benzene rings is 1. The minimum atomic E-state index is -0.0198. The number of hydrogen-bond acceptors (Lipinski definition) is 3. The van der Waals surface area contributed by atoms with Crippen molar-refractivity contribution in [3.8, 4) is 0 Å². The molecule has 0 fully saturated rings. The standard InChI is InChI=1S/C14H18BrN3S/c1-2-8-18-14(12(15)9-17-18)13(16)10-19-11-6-4-3-5-7-11/h3-7,9,13H,2,8,10,16H2,1H3. The highest BCUT2D eigenvalue weighted by Gasteiger charge is 2.16. The van der Waals surface area contributed by atoms with E-state index in [0.29, 0.717) is 0 Å². The Morgan fingerprint density at radius 1 is 1.37 bits per heavy atom. The van der Waals surface area contributed by atoms with Gasteiger partial charge in [0.25, 0.3) is 0 Å². The summed E-state index contributed by atoms with van der Waals surface area (Å²) in [4.78, 5) is 1.25. The van der Waals surface area contributed by atoms with E-state index in [-0.39, 0.29) is 6.04 Å². The second kappa shape index (κ2) is 7.12. The van der Waals surface area contributed by atoms with Gasteiger partial charge in [-0.2, -0.15) is 5.10 Å². The number of hydrogen-bond donors (Lipinski definition) is 1. The molecular formula is C14H18BrN3S. The molecule has 2 N–H and O–H groups in total. The van der Waals surface area contributed by atoms with Crippen molar-refractivity contribution in [2.75, 3.05) is 5.75 Å². The molecule has 1 aromatic heterocycles. The van der Waals surface area contributed by atoms with Crippen molar-refractivity contribution in [2.24, 2.45) is 5.73 Å². The van der Waals surface area contributed by atoms with Crippen molar-refractivity contribution >= 4 is 27.7 Å². The molecule has 0 saturated carbocycles. The van der Waals surface area contributed by atoms with Gasteiger partial charge >= 0.3 is 0 Å². The second-order valence-corrected chi connectivity index (χ2v) is 6.28. The quantitative estimate of drug-likeness (QED) is 0.813. The van der Waals surface area contributed by atoms with Crippen molar-refractivity contribution in [3.05, 3.63) is 46.7 Å². The van der Waals surface area contributed by atoms with Crippen LogP contribution in [0, 0.1) is 0 Å². The molecule has 0 aliphatic carbocycles. The molecule has 0 bridgehead atoms. The predicted molar refractivity (Wildman–Crippen MR) is 84.3 cm³/mol. The maximum Gasteiger partial charge on any atom is 0.0702 e. The molecule has 1 unspecified atom stereocenters. The van der Waals surface area contributed by atoms with Crippen LogP contribution in [-0.2, 0) is 6.54 Å². The van der Waals surface area contributed by atoms with Gasteiger partial charge in [-0.05, 0) is 34.5 Å². The lowest BCUT2D eigenvalue weighted by Gasteiger charge is -2.14. The molecule has 5 heteroatoms. The summed E-state index contributed by atoms with van der Waals surface area (Å²) in [6, 6.07) is 10.3. The van der Waals surface area contributed by atoms with Crippen molar-refractivity contribution in [2.45, 2.75) is 30.8 Å². The Morgan fingerprint density at radius 3 is 2.79 bits per heavy atom. The normalized spacial score (nSPS) is 12.6. The van der Waals surface area contributed by atoms with E-state index >= 15 is 0 Å². The lowest BCUT2D eigenvalue weighted by molar-refractivity contribution is 0.553. The van der Waals surface area contributed by atoms with E-state index in [9.17, 15) is 0 Å². The van der Waals surface area contributed by atoms with Crippen LogP contribution >= 0.6 is 27.7 Å². The number of nitrogens with zero attached hydrogens (tertiary/aromatic N) is 2. The summed E-state index contributed by atoms with van der Waals surface area (Å²) < 4.78 is 3.00. The van der Waals surface area contributed by atoms with Gasteiger partial charge < -0.3 is 5.73 Å². The highest BCUT2D eigenvalue weighted by Crippen LogP contribution is 2.27. The highest BCUT2D eigenvalue weighted by molar-refractivity contribution is 9.10. The minimum absolute atomic E-state index is 0.0198. The fraction of sp³-hybridized carbons (Fsp3) is 0.357. The van der Waals surface area contributed by atoms with Crippen LogP contribution in [0.25, 0.3) is 0 Å². The molecule has 0 saturated heterocycles. The van der Waals surface area contributed by atoms with Crippen LogP contribution in [0.15, 0.2) is 45.9 Å². The van der Waals surface area contributed by atoms with E-state index in [2.05, 4.69) is 40.1 Å². The molecule has 102 valence electrons. The van der Waals surface area contributed by atoms with E-state index in [0.717, 1.165) is 28.9 Å². The maximum absolute atomic E-state index is 6.31. The first kappa shape index (κ1) is 14.6. The fourth-order valence-corrected chi connectivity index (χ4v) is 3.38. The molecule has 0 aliphatic rings. The number of thioether (sulfide) groups is 1. The Balaban J connectivity index is 2.03. The van der Waals surface area contributed by atoms with Crippen LogP contribution in [0.5, 0.6) is 0 Å². The third-order valence-electron chi connectivity index (χ3n) is 2.79. The van der Waals surface area contributed by atoms with E-state index in [1.165, 1.54) is 4.90 Å². The van der Waals surface area contributed by atoms with Crippen LogP contribution in [0.3, 0.4) is 0 Å². The monoisotopic (exact) mass is 339 g/mol. The van der Waals surface area contributed by atoms with Gasteiger partial charge in [0.05, 0.1) is 22.4 Å². The predicted octanol–water partition coefficient (Wildman–Crippen LogP) is 3.85. The van der Waals surface area contributed by atoms with Crippen LogP contribution in [-0.4, -0.2) is 15.5 Å². The van der Waals surface area contributed by atoms with Gasteiger partial charge in [-0.1, -0.05) is 25.1 Å². The summed E-state index contributed by atoms with van der Waals surface area (Å²) >= 11 is 5.32. The summed E-state index contributed by atoms with van der Waals surface area (Å²) in [7, 11) is 0. The molecule has 1 heterocycles. The first-order chi connectivity index (χ1) is 9.22. The molecule has 0 spiro atoms. The summed E-state index contributed by atoms with van der Waals surface area (Å²) in [6.07, 6.45) is 2.89. The van der Waals surface area contributed by atoms with Crippen molar-refractivity contribution in [1.29, 1.82) is 0 Å². The molecule has 19 heavy (non-hydrogen) atoms. The number of halogens is 1. The largest absolute Gasteiger partial charge is 0.322 e. The van der Waals surface area contributed by atoms with Gasteiger partial charge in [-0.15, -0.1) is 11.8 Å². The van der Waals surface area contributed by atoms with Crippen molar-refractivity contribution < 1.29 is 0 Å². The number of aryl methyl sites for hydroxylation is 1. The molecule has 0 aliphatic heterocycles. The molecule has 1 atom stereocenters. The van der Waals surface area contributed by atoms with Gasteiger partial charge in [-0.3, -0.25) is 4.68 Å². The average molecular weight is 340 g/mol. The topological polar surface area (TPSA) is 43.8 Å². The fourth-order valence-electron chi connectivity index (χ4n) is 1.91. The Bertz CT molecular complexity index is 513. The number of rotatable bonds is 6. The molecule has 3 nitrogen and oxygen atoms in total. The highest BCUT2D eigenvalue weighted by atomic mass is 79.9. The molecule has 2 rings (SSSR count). The Labute approximate surface area is 126 Å². The lowest BCUT2D eigenvalue weighted by Crippen LogP contribution is -2.19. The molecule has 0 amide bonds. The first-order valence-corrected chi connectivity index (χ1v) is 8.15. The second-order valence-electron chi connectivity index (χ2n) is 4.33. The SMILES string of the molecule is CCCn1ncc(Br)c1C(N)CSc1ccccc1.